The molecule has 3 rings (SSSR count). The SMILES string of the molecule is C=CCNS(=O)(=O)c1ccc(C(=O)N2CCN(c3ccccc3Cl)CC2)cc1. The predicted molar refractivity (Wildman–Crippen MR) is 111 cm³/mol. The number of sulfonamides is 1. The minimum absolute atomic E-state index is 0.109. The first kappa shape index (κ1) is 20.4. The molecule has 148 valence electrons. The number of nitrogens with one attached hydrogen (secondary N) is 1. The monoisotopic (exact) mass is 419 g/mol. The highest BCUT2D eigenvalue weighted by atomic mass is 35.5. The van der Waals surface area contributed by atoms with E-state index in [-0.39, 0.29) is 17.3 Å². The molecule has 1 N–H and O–H groups in total. The number of hydrogen-bond acceptors (Lipinski definition) is 4. The molecule has 8 heteroatoms. The van der Waals surface area contributed by atoms with Crippen LogP contribution in [0.25, 0.3) is 0 Å². The van der Waals surface area contributed by atoms with Gasteiger partial charge in [0, 0.05) is 38.3 Å². The lowest BCUT2D eigenvalue weighted by molar-refractivity contribution is 0.0746. The number of piperazine rings is 1. The molecule has 0 aliphatic carbocycles. The number of amides is 1. The largest absolute Gasteiger partial charge is 0.367 e. The molecule has 1 saturated heterocycles. The van der Waals surface area contributed by atoms with E-state index in [1.807, 2.05) is 24.3 Å². The van der Waals surface area contributed by atoms with Crippen LogP contribution in [-0.4, -0.2) is 51.9 Å². The van der Waals surface area contributed by atoms with Crippen LogP contribution in [0.1, 0.15) is 10.4 Å². The predicted octanol–water partition coefficient (Wildman–Crippen LogP) is 2.77. The first-order chi connectivity index (χ1) is 13.4. The van der Waals surface area contributed by atoms with E-state index in [1.165, 1.54) is 18.2 Å². The third kappa shape index (κ3) is 4.55. The van der Waals surface area contributed by atoms with Crippen LogP contribution in [0.5, 0.6) is 0 Å². The molecule has 0 spiro atoms. The minimum Gasteiger partial charge on any atom is -0.367 e. The fourth-order valence-electron chi connectivity index (χ4n) is 3.07. The van der Waals surface area contributed by atoms with Gasteiger partial charge in [-0.25, -0.2) is 13.1 Å². The summed E-state index contributed by atoms with van der Waals surface area (Å²) in [7, 11) is -3.60. The highest BCUT2D eigenvalue weighted by Gasteiger charge is 2.23. The Hall–Kier alpha value is -2.35. The Bertz CT molecular complexity index is 953. The van der Waals surface area contributed by atoms with Crippen molar-refractivity contribution >= 4 is 33.2 Å². The van der Waals surface area contributed by atoms with Crippen LogP contribution in [0, 0.1) is 0 Å². The molecule has 0 radical (unpaired) electrons. The minimum atomic E-state index is -3.60. The van der Waals surface area contributed by atoms with Crippen LogP contribution in [0.15, 0.2) is 66.1 Å². The molecule has 28 heavy (non-hydrogen) atoms. The Kier molecular flexibility index (Phi) is 6.39. The number of hydrogen-bond donors (Lipinski definition) is 1. The molecular weight excluding hydrogens is 398 g/mol. The molecule has 1 aliphatic heterocycles. The number of carbonyl (C=O) groups excluding carboxylic acids is 1. The molecule has 1 fully saturated rings. The number of nitrogens with zero attached hydrogens (tertiary/aromatic N) is 2. The second-order valence-corrected chi connectivity index (χ2v) is 8.57. The fourth-order valence-corrected chi connectivity index (χ4v) is 4.32. The number of anilines is 1. The zero-order valence-electron chi connectivity index (χ0n) is 15.3. The number of benzene rings is 2. The Morgan fingerprint density at radius 1 is 1.07 bits per heavy atom. The third-order valence-corrected chi connectivity index (χ3v) is 6.35. The zero-order valence-corrected chi connectivity index (χ0v) is 16.9. The van der Waals surface area contributed by atoms with Gasteiger partial charge in [0.25, 0.3) is 5.91 Å². The molecule has 0 unspecified atom stereocenters. The van der Waals surface area contributed by atoms with Crippen LogP contribution in [0.3, 0.4) is 0 Å². The molecule has 1 aliphatic rings. The average molecular weight is 420 g/mol. The molecule has 0 aromatic heterocycles. The van der Waals surface area contributed by atoms with Crippen molar-refractivity contribution in [2.24, 2.45) is 0 Å². The molecular formula is C20H22ClN3O3S. The van der Waals surface area contributed by atoms with E-state index < -0.39 is 10.0 Å². The van der Waals surface area contributed by atoms with Crippen molar-refractivity contribution in [1.29, 1.82) is 0 Å². The van der Waals surface area contributed by atoms with E-state index in [0.717, 1.165) is 5.69 Å². The smallest absolute Gasteiger partial charge is 0.253 e. The quantitative estimate of drug-likeness (QED) is 0.731. The standard InChI is InChI=1S/C20H22ClN3O3S/c1-2-11-22-28(26,27)17-9-7-16(8-10-17)20(25)24-14-12-23(13-15-24)19-6-4-3-5-18(19)21/h2-10,22H,1,11-15H2. The lowest BCUT2D eigenvalue weighted by atomic mass is 10.1. The number of para-hydroxylation sites is 1. The highest BCUT2D eigenvalue weighted by molar-refractivity contribution is 7.89. The van der Waals surface area contributed by atoms with E-state index >= 15 is 0 Å². The summed E-state index contributed by atoms with van der Waals surface area (Å²) < 4.78 is 26.6. The summed E-state index contributed by atoms with van der Waals surface area (Å²) >= 11 is 6.25. The van der Waals surface area contributed by atoms with E-state index in [2.05, 4.69) is 16.2 Å². The van der Waals surface area contributed by atoms with Gasteiger partial charge in [0.2, 0.25) is 10.0 Å². The van der Waals surface area contributed by atoms with Gasteiger partial charge in [0.15, 0.2) is 0 Å². The second kappa shape index (κ2) is 8.77. The summed E-state index contributed by atoms with van der Waals surface area (Å²) in [5.41, 5.74) is 1.44. The molecule has 2 aromatic carbocycles. The van der Waals surface area contributed by atoms with Crippen molar-refractivity contribution in [2.75, 3.05) is 37.6 Å². The second-order valence-electron chi connectivity index (χ2n) is 6.40. The van der Waals surface area contributed by atoms with Crippen molar-refractivity contribution in [3.05, 3.63) is 71.8 Å². The maximum absolute atomic E-state index is 12.7. The Morgan fingerprint density at radius 3 is 2.32 bits per heavy atom. The van der Waals surface area contributed by atoms with Crippen LogP contribution >= 0.6 is 11.6 Å². The molecule has 0 saturated carbocycles. The highest BCUT2D eigenvalue weighted by Crippen LogP contribution is 2.26. The van der Waals surface area contributed by atoms with Crippen molar-refractivity contribution in [2.45, 2.75) is 4.90 Å². The van der Waals surface area contributed by atoms with E-state index in [1.54, 1.807) is 17.0 Å². The van der Waals surface area contributed by atoms with Crippen LogP contribution in [0.4, 0.5) is 5.69 Å². The number of rotatable bonds is 6. The van der Waals surface area contributed by atoms with Gasteiger partial charge in [-0.2, -0.15) is 0 Å². The normalized spacial score (nSPS) is 14.8. The summed E-state index contributed by atoms with van der Waals surface area (Å²) in [6.07, 6.45) is 1.47. The summed E-state index contributed by atoms with van der Waals surface area (Å²) in [6.45, 7) is 6.16. The third-order valence-electron chi connectivity index (χ3n) is 4.59. The van der Waals surface area contributed by atoms with Gasteiger partial charge in [-0.3, -0.25) is 4.79 Å². The van der Waals surface area contributed by atoms with Crippen LogP contribution in [0.2, 0.25) is 5.02 Å². The summed E-state index contributed by atoms with van der Waals surface area (Å²) in [4.78, 5) is 16.8. The topological polar surface area (TPSA) is 69.7 Å². The van der Waals surface area contributed by atoms with Gasteiger partial charge in [0.1, 0.15) is 0 Å². The Balaban J connectivity index is 1.64. The maximum atomic E-state index is 12.7. The van der Waals surface area contributed by atoms with E-state index in [4.69, 9.17) is 11.6 Å². The summed E-state index contributed by atoms with van der Waals surface area (Å²) in [5, 5.41) is 0.698. The fraction of sp³-hybridized carbons (Fsp3) is 0.250. The lowest BCUT2D eigenvalue weighted by Gasteiger charge is -2.36. The summed E-state index contributed by atoms with van der Waals surface area (Å²) in [6, 6.07) is 13.6. The molecule has 1 amide bonds. The van der Waals surface area contributed by atoms with Gasteiger partial charge >= 0.3 is 0 Å². The molecule has 6 nitrogen and oxygen atoms in total. The van der Waals surface area contributed by atoms with E-state index in [0.29, 0.717) is 36.8 Å². The van der Waals surface area contributed by atoms with Gasteiger partial charge in [-0.1, -0.05) is 29.8 Å². The molecule has 2 aromatic rings. The molecule has 0 atom stereocenters. The average Bonchev–Trinajstić information content (AvgIpc) is 2.72. The van der Waals surface area contributed by atoms with Gasteiger partial charge in [0.05, 0.1) is 15.6 Å². The first-order valence-electron chi connectivity index (χ1n) is 8.92. The van der Waals surface area contributed by atoms with Gasteiger partial charge < -0.3 is 9.80 Å². The van der Waals surface area contributed by atoms with E-state index in [9.17, 15) is 13.2 Å². The van der Waals surface area contributed by atoms with Crippen molar-refractivity contribution in [1.82, 2.24) is 9.62 Å². The lowest BCUT2D eigenvalue weighted by Crippen LogP contribution is -2.48. The zero-order chi connectivity index (χ0) is 20.1. The van der Waals surface area contributed by atoms with Gasteiger partial charge in [-0.05, 0) is 36.4 Å². The number of halogens is 1. The molecule has 0 bridgehead atoms. The number of carbonyl (C=O) groups is 1. The Morgan fingerprint density at radius 2 is 1.71 bits per heavy atom. The first-order valence-corrected chi connectivity index (χ1v) is 10.8. The Labute approximate surface area is 170 Å². The van der Waals surface area contributed by atoms with Crippen molar-refractivity contribution < 1.29 is 13.2 Å². The van der Waals surface area contributed by atoms with Crippen molar-refractivity contribution in [3.63, 3.8) is 0 Å². The van der Waals surface area contributed by atoms with Crippen LogP contribution in [-0.2, 0) is 10.0 Å². The van der Waals surface area contributed by atoms with Crippen molar-refractivity contribution in [3.8, 4) is 0 Å². The van der Waals surface area contributed by atoms with Gasteiger partial charge in [-0.15, -0.1) is 6.58 Å². The maximum Gasteiger partial charge on any atom is 0.253 e. The summed E-state index contributed by atoms with van der Waals surface area (Å²) in [5.74, 6) is -0.109. The van der Waals surface area contributed by atoms with Crippen LogP contribution < -0.4 is 9.62 Å². The molecule has 1 heterocycles.